The van der Waals surface area contributed by atoms with Crippen molar-refractivity contribution in [3.05, 3.63) is 40.1 Å². The van der Waals surface area contributed by atoms with Crippen molar-refractivity contribution in [3.63, 3.8) is 0 Å². The topological polar surface area (TPSA) is 67.5 Å². The van der Waals surface area contributed by atoms with Crippen LogP contribution in [-0.4, -0.2) is 15.1 Å². The number of aliphatic hydroxyl groups is 1. The molecule has 1 heterocycles. The van der Waals surface area contributed by atoms with E-state index in [4.69, 9.17) is 4.42 Å². The van der Waals surface area contributed by atoms with Crippen molar-refractivity contribution >= 4 is 21.8 Å². The first-order valence-corrected chi connectivity index (χ1v) is 6.55. The standard InChI is InChI=1S/C12H12O4S/c1-2-17(15)12-9(7-13)11(14)8-5-3-4-6-10(8)16-12/h3-6,13H,2,7H2,1H3. The largest absolute Gasteiger partial charge is 0.447 e. The third kappa shape index (κ3) is 2.03. The fraction of sp³-hybridized carbons (Fsp3) is 0.250. The molecule has 1 N–H and O–H groups in total. The second-order valence-corrected chi connectivity index (χ2v) is 5.12. The smallest absolute Gasteiger partial charge is 0.200 e. The fourth-order valence-corrected chi connectivity index (χ4v) is 2.49. The number of benzene rings is 1. The molecule has 1 aromatic carbocycles. The molecule has 1 atom stereocenters. The van der Waals surface area contributed by atoms with Gasteiger partial charge in [0, 0.05) is 5.75 Å². The molecule has 0 spiro atoms. The lowest BCUT2D eigenvalue weighted by Crippen LogP contribution is -2.14. The van der Waals surface area contributed by atoms with Crippen LogP contribution in [0, 0.1) is 0 Å². The highest BCUT2D eigenvalue weighted by Gasteiger charge is 2.17. The van der Waals surface area contributed by atoms with Gasteiger partial charge in [-0.1, -0.05) is 19.1 Å². The molecule has 1 unspecified atom stereocenters. The summed E-state index contributed by atoms with van der Waals surface area (Å²) >= 11 is 0. The van der Waals surface area contributed by atoms with Gasteiger partial charge in [0.25, 0.3) is 0 Å². The molecule has 0 aliphatic carbocycles. The number of rotatable bonds is 3. The average molecular weight is 252 g/mol. The van der Waals surface area contributed by atoms with Gasteiger partial charge in [-0.3, -0.25) is 9.00 Å². The van der Waals surface area contributed by atoms with Crippen LogP contribution >= 0.6 is 0 Å². The van der Waals surface area contributed by atoms with Crippen molar-refractivity contribution in [3.8, 4) is 0 Å². The molecule has 0 saturated carbocycles. The minimum Gasteiger partial charge on any atom is -0.447 e. The van der Waals surface area contributed by atoms with Gasteiger partial charge in [-0.25, -0.2) is 0 Å². The maximum Gasteiger partial charge on any atom is 0.200 e. The molecule has 17 heavy (non-hydrogen) atoms. The van der Waals surface area contributed by atoms with Gasteiger partial charge in [0.15, 0.2) is 10.5 Å². The van der Waals surface area contributed by atoms with E-state index in [1.807, 2.05) is 0 Å². The predicted molar refractivity (Wildman–Crippen MR) is 65.4 cm³/mol. The van der Waals surface area contributed by atoms with Crippen LogP contribution < -0.4 is 5.43 Å². The van der Waals surface area contributed by atoms with E-state index in [1.54, 1.807) is 31.2 Å². The SMILES string of the molecule is CCS(=O)c1oc2ccccc2c(=O)c1CO. The molecule has 0 aliphatic rings. The zero-order chi connectivity index (χ0) is 12.4. The molecular weight excluding hydrogens is 240 g/mol. The lowest BCUT2D eigenvalue weighted by Gasteiger charge is -2.06. The lowest BCUT2D eigenvalue weighted by atomic mass is 10.2. The molecule has 0 fully saturated rings. The van der Waals surface area contributed by atoms with Crippen molar-refractivity contribution in [2.24, 2.45) is 0 Å². The Balaban J connectivity index is 2.85. The minimum atomic E-state index is -1.39. The lowest BCUT2D eigenvalue weighted by molar-refractivity contribution is 0.269. The summed E-state index contributed by atoms with van der Waals surface area (Å²) in [5.74, 6) is 0.342. The van der Waals surface area contributed by atoms with Crippen LogP contribution in [0.5, 0.6) is 0 Å². The Bertz CT molecular complexity index is 630. The highest BCUT2D eigenvalue weighted by atomic mass is 32.2. The quantitative estimate of drug-likeness (QED) is 0.897. The van der Waals surface area contributed by atoms with Gasteiger partial charge in [-0.15, -0.1) is 0 Å². The summed E-state index contributed by atoms with van der Waals surface area (Å²) < 4.78 is 17.2. The number of aliphatic hydroxyl groups excluding tert-OH is 1. The van der Waals surface area contributed by atoms with E-state index in [1.165, 1.54) is 0 Å². The Morgan fingerprint density at radius 3 is 2.71 bits per heavy atom. The van der Waals surface area contributed by atoms with E-state index in [9.17, 15) is 14.1 Å². The van der Waals surface area contributed by atoms with Crippen LogP contribution in [-0.2, 0) is 17.4 Å². The Morgan fingerprint density at radius 2 is 2.06 bits per heavy atom. The molecule has 0 bridgehead atoms. The van der Waals surface area contributed by atoms with Crippen molar-refractivity contribution in [1.29, 1.82) is 0 Å². The Labute approximate surface area is 100 Å². The van der Waals surface area contributed by atoms with Gasteiger partial charge in [0.2, 0.25) is 0 Å². The summed E-state index contributed by atoms with van der Waals surface area (Å²) in [5.41, 5.74) is 0.168. The highest BCUT2D eigenvalue weighted by molar-refractivity contribution is 7.84. The first kappa shape index (κ1) is 12.0. The first-order valence-electron chi connectivity index (χ1n) is 5.23. The third-order valence-corrected chi connectivity index (χ3v) is 3.75. The Kier molecular flexibility index (Phi) is 3.40. The van der Waals surface area contributed by atoms with Gasteiger partial charge in [0.05, 0.1) is 28.4 Å². The van der Waals surface area contributed by atoms with Gasteiger partial charge in [-0.2, -0.15) is 0 Å². The van der Waals surface area contributed by atoms with E-state index in [0.29, 0.717) is 16.7 Å². The third-order valence-electron chi connectivity index (χ3n) is 2.48. The van der Waals surface area contributed by atoms with Crippen LogP contribution in [0.25, 0.3) is 11.0 Å². The van der Waals surface area contributed by atoms with Crippen LogP contribution in [0.15, 0.2) is 38.6 Å². The molecule has 2 aromatic rings. The minimum absolute atomic E-state index is 0.0821. The summed E-state index contributed by atoms with van der Waals surface area (Å²) in [6.45, 7) is 1.26. The van der Waals surface area contributed by atoms with E-state index in [-0.39, 0.29) is 16.1 Å². The molecule has 0 amide bonds. The van der Waals surface area contributed by atoms with Crippen LogP contribution in [0.4, 0.5) is 0 Å². The van der Waals surface area contributed by atoms with E-state index < -0.39 is 17.4 Å². The van der Waals surface area contributed by atoms with E-state index in [2.05, 4.69) is 0 Å². The van der Waals surface area contributed by atoms with E-state index in [0.717, 1.165) is 0 Å². The zero-order valence-corrected chi connectivity index (χ0v) is 10.1. The molecule has 5 heteroatoms. The predicted octanol–water partition coefficient (Wildman–Crippen LogP) is 1.41. The van der Waals surface area contributed by atoms with Gasteiger partial charge in [-0.05, 0) is 12.1 Å². The maximum atomic E-state index is 12.0. The summed E-state index contributed by atoms with van der Waals surface area (Å²) in [4.78, 5) is 12.0. The number of hydrogen-bond donors (Lipinski definition) is 1. The second kappa shape index (κ2) is 4.81. The molecule has 1 aromatic heterocycles. The van der Waals surface area contributed by atoms with Crippen molar-refractivity contribution in [1.82, 2.24) is 0 Å². The van der Waals surface area contributed by atoms with Crippen LogP contribution in [0.1, 0.15) is 12.5 Å². The summed E-state index contributed by atoms with van der Waals surface area (Å²) in [6, 6.07) is 6.73. The van der Waals surface area contributed by atoms with Gasteiger partial charge in [0.1, 0.15) is 5.58 Å². The number of hydrogen-bond acceptors (Lipinski definition) is 4. The van der Waals surface area contributed by atoms with Crippen LogP contribution in [0.2, 0.25) is 0 Å². The zero-order valence-electron chi connectivity index (χ0n) is 9.30. The summed E-state index contributed by atoms with van der Waals surface area (Å²) in [7, 11) is -1.39. The Morgan fingerprint density at radius 1 is 1.35 bits per heavy atom. The maximum absolute atomic E-state index is 12.0. The van der Waals surface area contributed by atoms with Crippen molar-refractivity contribution in [2.75, 3.05) is 5.75 Å². The fourth-order valence-electron chi connectivity index (χ4n) is 1.61. The Hall–Kier alpha value is -1.46. The second-order valence-electron chi connectivity index (χ2n) is 3.49. The van der Waals surface area contributed by atoms with Crippen molar-refractivity contribution < 1.29 is 13.7 Å². The summed E-state index contributed by atoms with van der Waals surface area (Å²) in [6.07, 6.45) is 0. The molecule has 0 saturated heterocycles. The highest BCUT2D eigenvalue weighted by Crippen LogP contribution is 2.18. The first-order chi connectivity index (χ1) is 8.19. The summed E-state index contributed by atoms with van der Waals surface area (Å²) in [5, 5.41) is 9.69. The molecular formula is C12H12O4S. The monoisotopic (exact) mass is 252 g/mol. The molecule has 2 rings (SSSR count). The van der Waals surface area contributed by atoms with Crippen molar-refractivity contribution in [2.45, 2.75) is 18.6 Å². The van der Waals surface area contributed by atoms with Crippen LogP contribution in [0.3, 0.4) is 0 Å². The molecule has 90 valence electrons. The molecule has 0 aliphatic heterocycles. The number of fused-ring (bicyclic) bond motifs is 1. The van der Waals surface area contributed by atoms with E-state index >= 15 is 0 Å². The molecule has 4 nitrogen and oxygen atoms in total. The average Bonchev–Trinajstić information content (AvgIpc) is 2.37. The normalized spacial score (nSPS) is 12.8. The van der Waals surface area contributed by atoms with Gasteiger partial charge >= 0.3 is 0 Å². The molecule has 0 radical (unpaired) electrons. The van der Waals surface area contributed by atoms with Gasteiger partial charge < -0.3 is 9.52 Å². The number of para-hydroxylation sites is 1.